The minimum absolute atomic E-state index is 0.215. The van der Waals surface area contributed by atoms with E-state index < -0.39 is 5.82 Å². The van der Waals surface area contributed by atoms with Gasteiger partial charge in [0.2, 0.25) is 5.91 Å². The van der Waals surface area contributed by atoms with Crippen molar-refractivity contribution in [3.63, 3.8) is 0 Å². The molecule has 1 amide bonds. The molecule has 3 nitrogen and oxygen atoms in total. The molecule has 0 radical (unpaired) electrons. The van der Waals surface area contributed by atoms with Gasteiger partial charge in [-0.05, 0) is 32.6 Å². The molecule has 0 aliphatic heterocycles. The van der Waals surface area contributed by atoms with Gasteiger partial charge in [-0.3, -0.25) is 4.79 Å². The zero-order chi connectivity index (χ0) is 11.4. The number of hydrogen-bond acceptors (Lipinski definition) is 2. The van der Waals surface area contributed by atoms with E-state index in [1.54, 1.807) is 38.1 Å². The molecular weight excluding hydrogens is 195 g/mol. The van der Waals surface area contributed by atoms with Crippen molar-refractivity contribution in [1.29, 1.82) is 0 Å². The van der Waals surface area contributed by atoms with Crippen molar-refractivity contribution in [3.8, 4) is 0 Å². The highest BCUT2D eigenvalue weighted by Crippen LogP contribution is 2.18. The number of amides is 1. The lowest BCUT2D eigenvalue weighted by Crippen LogP contribution is -2.27. The van der Waals surface area contributed by atoms with E-state index >= 15 is 0 Å². The van der Waals surface area contributed by atoms with Crippen LogP contribution in [0.15, 0.2) is 18.2 Å². The minimum atomic E-state index is -0.401. The number of carbonyl (C=O) groups excluding carboxylic acids is 1. The fourth-order valence-corrected chi connectivity index (χ4v) is 1.26. The van der Waals surface area contributed by atoms with Crippen LogP contribution in [-0.4, -0.2) is 31.4 Å². The summed E-state index contributed by atoms with van der Waals surface area (Å²) in [6.45, 7) is 2.00. The van der Waals surface area contributed by atoms with Gasteiger partial charge in [0.1, 0.15) is 5.82 Å². The van der Waals surface area contributed by atoms with Gasteiger partial charge in [-0.2, -0.15) is 0 Å². The monoisotopic (exact) mass is 210 g/mol. The first-order valence-corrected chi connectivity index (χ1v) is 4.70. The van der Waals surface area contributed by atoms with E-state index in [2.05, 4.69) is 5.32 Å². The van der Waals surface area contributed by atoms with E-state index in [1.165, 1.54) is 6.07 Å². The molecule has 1 aromatic carbocycles. The average Bonchev–Trinajstić information content (AvgIpc) is 2.10. The largest absolute Gasteiger partial charge is 0.322 e. The van der Waals surface area contributed by atoms with E-state index in [0.717, 1.165) is 5.56 Å². The minimum Gasteiger partial charge on any atom is -0.322 e. The molecule has 1 rings (SSSR count). The van der Waals surface area contributed by atoms with Gasteiger partial charge in [0.15, 0.2) is 0 Å². The van der Waals surface area contributed by atoms with E-state index in [4.69, 9.17) is 0 Å². The summed E-state index contributed by atoms with van der Waals surface area (Å²) < 4.78 is 13.3. The predicted molar refractivity (Wildman–Crippen MR) is 58.3 cm³/mol. The Labute approximate surface area is 88.9 Å². The Morgan fingerprint density at radius 1 is 1.47 bits per heavy atom. The molecule has 4 heteroatoms. The number of benzene rings is 1. The molecule has 0 spiro atoms. The standard InChI is InChI=1S/C11H15FN2O/c1-8-5-4-6-9(12)11(8)13-10(15)7-14(2)3/h4-6H,7H2,1-3H3,(H,13,15). The third kappa shape index (κ3) is 3.32. The Morgan fingerprint density at radius 3 is 2.67 bits per heavy atom. The summed E-state index contributed by atoms with van der Waals surface area (Å²) in [7, 11) is 3.57. The summed E-state index contributed by atoms with van der Waals surface area (Å²) in [6.07, 6.45) is 0. The molecule has 0 aliphatic rings. The Bertz CT molecular complexity index is 343. The van der Waals surface area contributed by atoms with Gasteiger partial charge >= 0.3 is 0 Å². The molecule has 82 valence electrons. The number of nitrogens with zero attached hydrogens (tertiary/aromatic N) is 1. The average molecular weight is 210 g/mol. The van der Waals surface area contributed by atoms with Crippen molar-refractivity contribution in [2.24, 2.45) is 0 Å². The van der Waals surface area contributed by atoms with Crippen molar-refractivity contribution >= 4 is 11.6 Å². The number of hydrogen-bond donors (Lipinski definition) is 1. The molecule has 0 aromatic heterocycles. The van der Waals surface area contributed by atoms with Crippen LogP contribution < -0.4 is 5.32 Å². The molecule has 0 aliphatic carbocycles. The lowest BCUT2D eigenvalue weighted by molar-refractivity contribution is -0.116. The zero-order valence-corrected chi connectivity index (χ0v) is 9.17. The maximum Gasteiger partial charge on any atom is 0.238 e. The molecule has 1 N–H and O–H groups in total. The van der Waals surface area contributed by atoms with Gasteiger partial charge in [-0.25, -0.2) is 4.39 Å². The van der Waals surface area contributed by atoms with Crippen LogP contribution in [0.25, 0.3) is 0 Å². The normalized spacial score (nSPS) is 10.5. The molecule has 0 unspecified atom stereocenters. The molecule has 1 aromatic rings. The highest BCUT2D eigenvalue weighted by Gasteiger charge is 2.09. The fraction of sp³-hybridized carbons (Fsp3) is 0.364. The highest BCUT2D eigenvalue weighted by atomic mass is 19.1. The van der Waals surface area contributed by atoms with Crippen LogP contribution in [0.2, 0.25) is 0 Å². The molecule has 0 saturated heterocycles. The predicted octanol–water partition coefficient (Wildman–Crippen LogP) is 1.63. The number of nitrogens with one attached hydrogen (secondary N) is 1. The summed E-state index contributed by atoms with van der Waals surface area (Å²) in [5.74, 6) is -0.615. The first-order valence-electron chi connectivity index (χ1n) is 4.70. The lowest BCUT2D eigenvalue weighted by atomic mass is 10.2. The molecule has 15 heavy (non-hydrogen) atoms. The quantitative estimate of drug-likeness (QED) is 0.822. The van der Waals surface area contributed by atoms with Gasteiger partial charge in [0, 0.05) is 0 Å². The van der Waals surface area contributed by atoms with Gasteiger partial charge < -0.3 is 10.2 Å². The van der Waals surface area contributed by atoms with Crippen molar-refractivity contribution < 1.29 is 9.18 Å². The zero-order valence-electron chi connectivity index (χ0n) is 9.17. The van der Waals surface area contributed by atoms with Crippen LogP contribution in [0.4, 0.5) is 10.1 Å². The SMILES string of the molecule is Cc1cccc(F)c1NC(=O)CN(C)C. The van der Waals surface area contributed by atoms with E-state index in [-0.39, 0.29) is 18.1 Å². The van der Waals surface area contributed by atoms with Crippen LogP contribution in [0, 0.1) is 12.7 Å². The second-order valence-electron chi connectivity index (χ2n) is 3.72. The third-order valence-corrected chi connectivity index (χ3v) is 1.95. The number of likely N-dealkylation sites (N-methyl/N-ethyl adjacent to an activating group) is 1. The number of rotatable bonds is 3. The van der Waals surface area contributed by atoms with Crippen molar-refractivity contribution in [2.75, 3.05) is 26.0 Å². The second kappa shape index (κ2) is 4.89. The number of aryl methyl sites for hydroxylation is 1. The van der Waals surface area contributed by atoms with Gasteiger partial charge in [-0.15, -0.1) is 0 Å². The Kier molecular flexibility index (Phi) is 3.80. The summed E-state index contributed by atoms with van der Waals surface area (Å²) in [5, 5.41) is 2.55. The van der Waals surface area contributed by atoms with Crippen LogP contribution >= 0.6 is 0 Å². The van der Waals surface area contributed by atoms with E-state index in [0.29, 0.717) is 0 Å². The van der Waals surface area contributed by atoms with Gasteiger partial charge in [-0.1, -0.05) is 12.1 Å². The first-order chi connectivity index (χ1) is 7.00. The van der Waals surface area contributed by atoms with Crippen LogP contribution in [-0.2, 0) is 4.79 Å². The van der Waals surface area contributed by atoms with Crippen LogP contribution in [0.5, 0.6) is 0 Å². The molecule has 0 heterocycles. The number of halogens is 1. The van der Waals surface area contributed by atoms with E-state index in [1.807, 2.05) is 0 Å². The van der Waals surface area contributed by atoms with Gasteiger partial charge in [0.25, 0.3) is 0 Å². The van der Waals surface area contributed by atoms with Crippen molar-refractivity contribution in [3.05, 3.63) is 29.6 Å². The number of para-hydroxylation sites is 1. The summed E-state index contributed by atoms with van der Waals surface area (Å²) in [5.41, 5.74) is 0.992. The Hall–Kier alpha value is -1.42. The third-order valence-electron chi connectivity index (χ3n) is 1.95. The van der Waals surface area contributed by atoms with E-state index in [9.17, 15) is 9.18 Å². The molecular formula is C11H15FN2O. The number of carbonyl (C=O) groups is 1. The molecule has 0 saturated carbocycles. The maximum atomic E-state index is 13.3. The lowest BCUT2D eigenvalue weighted by Gasteiger charge is -2.12. The fourth-order valence-electron chi connectivity index (χ4n) is 1.26. The highest BCUT2D eigenvalue weighted by molar-refractivity contribution is 5.93. The smallest absolute Gasteiger partial charge is 0.238 e. The first kappa shape index (κ1) is 11.7. The molecule has 0 bridgehead atoms. The maximum absolute atomic E-state index is 13.3. The molecule has 0 fully saturated rings. The van der Waals surface area contributed by atoms with Gasteiger partial charge in [0.05, 0.1) is 12.2 Å². The van der Waals surface area contributed by atoms with Crippen molar-refractivity contribution in [1.82, 2.24) is 4.90 Å². The van der Waals surface area contributed by atoms with Crippen molar-refractivity contribution in [2.45, 2.75) is 6.92 Å². The Morgan fingerprint density at radius 2 is 2.13 bits per heavy atom. The Balaban J connectivity index is 2.76. The molecule has 0 atom stereocenters. The summed E-state index contributed by atoms with van der Waals surface area (Å²) in [4.78, 5) is 13.1. The van der Waals surface area contributed by atoms with Crippen LogP contribution in [0.3, 0.4) is 0 Å². The van der Waals surface area contributed by atoms with Crippen LogP contribution in [0.1, 0.15) is 5.56 Å². The number of anilines is 1. The second-order valence-corrected chi connectivity index (χ2v) is 3.72. The summed E-state index contributed by atoms with van der Waals surface area (Å²) in [6, 6.07) is 4.71. The summed E-state index contributed by atoms with van der Waals surface area (Å²) >= 11 is 0. The topological polar surface area (TPSA) is 32.3 Å².